The summed E-state index contributed by atoms with van der Waals surface area (Å²) in [5, 5.41) is 3.45. The number of nitrogens with one attached hydrogen (secondary N) is 1. The van der Waals surface area contributed by atoms with E-state index in [0.29, 0.717) is 6.10 Å². The fourth-order valence-corrected chi connectivity index (χ4v) is 3.81. The summed E-state index contributed by atoms with van der Waals surface area (Å²) < 4.78 is 6.56. The highest BCUT2D eigenvalue weighted by atomic mass is 16.5. The van der Waals surface area contributed by atoms with Gasteiger partial charge in [0.25, 0.3) is 0 Å². The first-order valence-corrected chi connectivity index (χ1v) is 8.02. The van der Waals surface area contributed by atoms with Crippen molar-refractivity contribution in [3.05, 3.63) is 0 Å². The Morgan fingerprint density at radius 1 is 1.11 bits per heavy atom. The zero-order chi connectivity index (χ0) is 13.0. The first-order valence-electron chi connectivity index (χ1n) is 8.02. The zero-order valence-electron chi connectivity index (χ0n) is 12.5. The van der Waals surface area contributed by atoms with Crippen LogP contribution in [0.15, 0.2) is 0 Å². The fourth-order valence-electron chi connectivity index (χ4n) is 3.81. The maximum absolute atomic E-state index is 6.56. The van der Waals surface area contributed by atoms with Gasteiger partial charge in [-0.05, 0) is 69.9 Å². The molecule has 0 aliphatic heterocycles. The van der Waals surface area contributed by atoms with Gasteiger partial charge in [0.2, 0.25) is 0 Å². The molecular formula is C16H31NO. The fraction of sp³-hybridized carbons (Fsp3) is 1.00. The van der Waals surface area contributed by atoms with E-state index >= 15 is 0 Å². The van der Waals surface area contributed by atoms with Crippen LogP contribution in [0.5, 0.6) is 0 Å². The van der Waals surface area contributed by atoms with Crippen molar-refractivity contribution < 1.29 is 4.74 Å². The molecule has 0 amide bonds. The third kappa shape index (κ3) is 3.71. The Morgan fingerprint density at radius 2 is 1.78 bits per heavy atom. The van der Waals surface area contributed by atoms with Gasteiger partial charge in [-0.3, -0.25) is 0 Å². The van der Waals surface area contributed by atoms with Gasteiger partial charge < -0.3 is 10.1 Å². The molecule has 0 heterocycles. The summed E-state index contributed by atoms with van der Waals surface area (Å²) in [6, 6.07) is 0. The van der Waals surface area contributed by atoms with E-state index in [1.54, 1.807) is 0 Å². The predicted octanol–water partition coefficient (Wildman–Crippen LogP) is 3.75. The van der Waals surface area contributed by atoms with E-state index in [1.807, 2.05) is 0 Å². The molecule has 2 aliphatic carbocycles. The zero-order valence-corrected chi connectivity index (χ0v) is 12.5. The van der Waals surface area contributed by atoms with Crippen LogP contribution in [0.3, 0.4) is 0 Å². The Balaban J connectivity index is 1.81. The first-order chi connectivity index (χ1) is 8.63. The van der Waals surface area contributed by atoms with E-state index < -0.39 is 0 Å². The van der Waals surface area contributed by atoms with Crippen molar-refractivity contribution in [1.29, 1.82) is 0 Å². The monoisotopic (exact) mass is 253 g/mol. The van der Waals surface area contributed by atoms with Crippen LogP contribution in [-0.2, 0) is 4.74 Å². The molecule has 106 valence electrons. The summed E-state index contributed by atoms with van der Waals surface area (Å²) in [5.74, 6) is 1.70. The van der Waals surface area contributed by atoms with Crippen molar-refractivity contribution in [1.82, 2.24) is 5.32 Å². The van der Waals surface area contributed by atoms with Crippen molar-refractivity contribution in [3.8, 4) is 0 Å². The maximum Gasteiger partial charge on any atom is 0.0698 e. The molecule has 0 bridgehead atoms. The van der Waals surface area contributed by atoms with Gasteiger partial charge in [-0.2, -0.15) is 0 Å². The van der Waals surface area contributed by atoms with Crippen LogP contribution in [0.1, 0.15) is 65.7 Å². The highest BCUT2D eigenvalue weighted by Gasteiger charge is 2.40. The van der Waals surface area contributed by atoms with E-state index in [1.165, 1.54) is 44.9 Å². The van der Waals surface area contributed by atoms with Gasteiger partial charge in [0, 0.05) is 0 Å². The Labute approximate surface area is 113 Å². The number of hydrogen-bond acceptors (Lipinski definition) is 2. The van der Waals surface area contributed by atoms with Gasteiger partial charge in [-0.1, -0.05) is 20.8 Å². The molecular weight excluding hydrogens is 222 g/mol. The van der Waals surface area contributed by atoms with Crippen LogP contribution in [-0.4, -0.2) is 24.8 Å². The minimum Gasteiger partial charge on any atom is -0.372 e. The average Bonchev–Trinajstić information content (AvgIpc) is 2.24. The molecule has 0 saturated heterocycles. The van der Waals surface area contributed by atoms with Crippen LogP contribution >= 0.6 is 0 Å². The largest absolute Gasteiger partial charge is 0.372 e. The summed E-state index contributed by atoms with van der Waals surface area (Å²) in [5.41, 5.74) is 0.240. The second-order valence-electron chi connectivity index (χ2n) is 6.80. The topological polar surface area (TPSA) is 21.3 Å². The van der Waals surface area contributed by atoms with Crippen molar-refractivity contribution in [2.24, 2.45) is 11.8 Å². The molecule has 2 atom stereocenters. The van der Waals surface area contributed by atoms with Gasteiger partial charge >= 0.3 is 0 Å². The van der Waals surface area contributed by atoms with Gasteiger partial charge in [-0.15, -0.1) is 0 Å². The Hall–Kier alpha value is -0.0800. The predicted molar refractivity (Wildman–Crippen MR) is 76.8 cm³/mol. The molecule has 18 heavy (non-hydrogen) atoms. The van der Waals surface area contributed by atoms with Crippen LogP contribution in [0.2, 0.25) is 0 Å². The molecule has 2 heteroatoms. The van der Waals surface area contributed by atoms with Gasteiger partial charge in [0.05, 0.1) is 11.7 Å². The van der Waals surface area contributed by atoms with E-state index in [-0.39, 0.29) is 5.60 Å². The maximum atomic E-state index is 6.56. The summed E-state index contributed by atoms with van der Waals surface area (Å²) in [6.45, 7) is 9.15. The lowest BCUT2D eigenvalue weighted by Crippen LogP contribution is -2.46. The van der Waals surface area contributed by atoms with Crippen molar-refractivity contribution in [2.45, 2.75) is 77.4 Å². The minimum atomic E-state index is 0.240. The molecule has 0 aromatic carbocycles. The van der Waals surface area contributed by atoms with E-state index in [2.05, 4.69) is 26.1 Å². The van der Waals surface area contributed by atoms with Crippen LogP contribution in [0.4, 0.5) is 0 Å². The average molecular weight is 253 g/mol. The molecule has 0 aromatic heterocycles. The second kappa shape index (κ2) is 6.38. The Kier molecular flexibility index (Phi) is 5.08. The molecule has 2 unspecified atom stereocenters. The summed E-state index contributed by atoms with van der Waals surface area (Å²) >= 11 is 0. The molecule has 0 radical (unpaired) electrons. The molecule has 2 nitrogen and oxygen atoms in total. The lowest BCUT2D eigenvalue weighted by molar-refractivity contribution is -0.159. The third-order valence-corrected chi connectivity index (χ3v) is 4.82. The quantitative estimate of drug-likeness (QED) is 0.728. The highest BCUT2D eigenvalue weighted by molar-refractivity contribution is 4.92. The summed E-state index contributed by atoms with van der Waals surface area (Å²) in [4.78, 5) is 0. The molecule has 2 rings (SSSR count). The normalized spacial score (nSPS) is 35.2. The second-order valence-corrected chi connectivity index (χ2v) is 6.80. The van der Waals surface area contributed by atoms with E-state index in [9.17, 15) is 0 Å². The molecule has 0 spiro atoms. The molecule has 0 aromatic rings. The third-order valence-electron chi connectivity index (χ3n) is 4.82. The summed E-state index contributed by atoms with van der Waals surface area (Å²) in [6.07, 6.45) is 9.65. The smallest absolute Gasteiger partial charge is 0.0698 e. The van der Waals surface area contributed by atoms with Gasteiger partial charge in [0.1, 0.15) is 0 Å². The highest BCUT2D eigenvalue weighted by Crippen LogP contribution is 2.42. The van der Waals surface area contributed by atoms with Crippen molar-refractivity contribution in [3.63, 3.8) is 0 Å². The number of ether oxygens (including phenoxy) is 1. The molecule has 1 N–H and O–H groups in total. The van der Waals surface area contributed by atoms with Crippen molar-refractivity contribution in [2.75, 3.05) is 13.1 Å². The standard InChI is InChI=1S/C16H31NO/c1-4-17-9-8-16(6-5-7-16)18-15-11-13(2)10-14(3)12-15/h13-15,17H,4-12H2,1-3H3. The summed E-state index contributed by atoms with van der Waals surface area (Å²) in [7, 11) is 0. The van der Waals surface area contributed by atoms with Crippen molar-refractivity contribution >= 4 is 0 Å². The molecule has 2 aliphatic rings. The Morgan fingerprint density at radius 3 is 2.28 bits per heavy atom. The lowest BCUT2D eigenvalue weighted by Gasteiger charge is -2.46. The van der Waals surface area contributed by atoms with E-state index in [0.717, 1.165) is 24.9 Å². The van der Waals surface area contributed by atoms with Crippen LogP contribution in [0.25, 0.3) is 0 Å². The lowest BCUT2D eigenvalue weighted by atomic mass is 9.76. The van der Waals surface area contributed by atoms with Gasteiger partial charge in [-0.25, -0.2) is 0 Å². The van der Waals surface area contributed by atoms with Crippen LogP contribution < -0.4 is 5.32 Å². The number of hydrogen-bond donors (Lipinski definition) is 1. The molecule has 2 saturated carbocycles. The van der Waals surface area contributed by atoms with Gasteiger partial charge in [0.15, 0.2) is 0 Å². The molecule has 2 fully saturated rings. The minimum absolute atomic E-state index is 0.240. The van der Waals surface area contributed by atoms with Crippen LogP contribution in [0, 0.1) is 11.8 Å². The van der Waals surface area contributed by atoms with E-state index in [4.69, 9.17) is 4.74 Å². The Bertz CT molecular complexity index is 239. The first kappa shape index (κ1) is 14.3. The SMILES string of the molecule is CCNCCC1(OC2CC(C)CC(C)C2)CCC1. The number of rotatable bonds is 6.